The van der Waals surface area contributed by atoms with Crippen molar-refractivity contribution >= 4 is 17.6 Å². The standard InChI is InChI=1S/C17H24N4O2/c1-17(6-8-18-9-7-17)12-20-15(22)13-2-4-14(5-3-13)21-11-10-19-16(21)23/h2-5,18H,6-12H2,1H3,(H,19,23)(H,20,22). The Labute approximate surface area is 136 Å². The molecule has 0 unspecified atom stereocenters. The lowest BCUT2D eigenvalue weighted by atomic mass is 9.81. The molecule has 124 valence electrons. The lowest BCUT2D eigenvalue weighted by Gasteiger charge is -2.34. The third-order valence-corrected chi connectivity index (χ3v) is 4.78. The number of benzene rings is 1. The first kappa shape index (κ1) is 15.8. The van der Waals surface area contributed by atoms with Crippen LogP contribution in [0.25, 0.3) is 0 Å². The molecular weight excluding hydrogens is 292 g/mol. The zero-order valence-electron chi connectivity index (χ0n) is 13.5. The molecule has 0 aliphatic carbocycles. The van der Waals surface area contributed by atoms with E-state index in [1.807, 2.05) is 12.1 Å². The van der Waals surface area contributed by atoms with E-state index in [1.165, 1.54) is 0 Å². The molecule has 3 amide bonds. The van der Waals surface area contributed by atoms with E-state index >= 15 is 0 Å². The van der Waals surface area contributed by atoms with Gasteiger partial charge in [-0.15, -0.1) is 0 Å². The summed E-state index contributed by atoms with van der Waals surface area (Å²) in [5, 5.41) is 9.16. The summed E-state index contributed by atoms with van der Waals surface area (Å²) in [5.41, 5.74) is 1.63. The molecule has 23 heavy (non-hydrogen) atoms. The van der Waals surface area contributed by atoms with Gasteiger partial charge in [-0.05, 0) is 55.6 Å². The van der Waals surface area contributed by atoms with Crippen LogP contribution >= 0.6 is 0 Å². The Morgan fingerprint density at radius 2 is 1.91 bits per heavy atom. The highest BCUT2D eigenvalue weighted by atomic mass is 16.2. The third-order valence-electron chi connectivity index (χ3n) is 4.78. The molecule has 0 radical (unpaired) electrons. The molecule has 2 fully saturated rings. The molecule has 0 saturated carbocycles. The topological polar surface area (TPSA) is 73.5 Å². The first-order valence-corrected chi connectivity index (χ1v) is 8.22. The Morgan fingerprint density at radius 1 is 1.22 bits per heavy atom. The van der Waals surface area contributed by atoms with Gasteiger partial charge in [0.25, 0.3) is 5.91 Å². The van der Waals surface area contributed by atoms with Crippen LogP contribution in [0.1, 0.15) is 30.1 Å². The molecule has 0 atom stereocenters. The minimum atomic E-state index is -0.0824. The van der Waals surface area contributed by atoms with E-state index in [4.69, 9.17) is 0 Å². The molecule has 1 aromatic rings. The fraction of sp³-hybridized carbons (Fsp3) is 0.529. The first-order valence-electron chi connectivity index (χ1n) is 8.22. The second-order valence-electron chi connectivity index (χ2n) is 6.67. The number of anilines is 1. The summed E-state index contributed by atoms with van der Waals surface area (Å²) in [4.78, 5) is 25.6. The molecule has 2 aliphatic heterocycles. The number of rotatable bonds is 4. The summed E-state index contributed by atoms with van der Waals surface area (Å²) in [5.74, 6) is -0.0535. The van der Waals surface area contributed by atoms with Crippen LogP contribution in [0, 0.1) is 5.41 Å². The summed E-state index contributed by atoms with van der Waals surface area (Å²) in [6.07, 6.45) is 2.16. The van der Waals surface area contributed by atoms with E-state index < -0.39 is 0 Å². The summed E-state index contributed by atoms with van der Waals surface area (Å²) >= 11 is 0. The average Bonchev–Trinajstić information content (AvgIpc) is 3.00. The van der Waals surface area contributed by atoms with E-state index in [2.05, 4.69) is 22.9 Å². The van der Waals surface area contributed by atoms with E-state index in [-0.39, 0.29) is 17.4 Å². The van der Waals surface area contributed by atoms with Crippen molar-refractivity contribution in [3.8, 4) is 0 Å². The number of urea groups is 1. The smallest absolute Gasteiger partial charge is 0.321 e. The highest BCUT2D eigenvalue weighted by Crippen LogP contribution is 2.26. The number of hydrogen-bond acceptors (Lipinski definition) is 3. The number of carbonyl (C=O) groups is 2. The van der Waals surface area contributed by atoms with E-state index in [9.17, 15) is 9.59 Å². The fourth-order valence-electron chi connectivity index (χ4n) is 3.11. The van der Waals surface area contributed by atoms with E-state index in [0.29, 0.717) is 25.2 Å². The second kappa shape index (κ2) is 6.58. The maximum atomic E-state index is 12.3. The lowest BCUT2D eigenvalue weighted by Crippen LogP contribution is -2.42. The fourth-order valence-corrected chi connectivity index (χ4v) is 3.11. The zero-order chi connectivity index (χ0) is 16.3. The largest absolute Gasteiger partial charge is 0.351 e. The first-order chi connectivity index (χ1) is 11.1. The van der Waals surface area contributed by atoms with Gasteiger partial charge in [0.05, 0.1) is 0 Å². The van der Waals surface area contributed by atoms with Gasteiger partial charge in [-0.1, -0.05) is 6.92 Å². The predicted octanol–water partition coefficient (Wildman–Crippen LogP) is 1.34. The summed E-state index contributed by atoms with van der Waals surface area (Å²) in [7, 11) is 0. The maximum Gasteiger partial charge on any atom is 0.321 e. The van der Waals surface area contributed by atoms with Crippen molar-refractivity contribution in [2.45, 2.75) is 19.8 Å². The Balaban J connectivity index is 1.58. The molecule has 2 aliphatic rings. The van der Waals surface area contributed by atoms with Crippen LogP contribution in [0.15, 0.2) is 24.3 Å². The van der Waals surface area contributed by atoms with Crippen LogP contribution in [0.2, 0.25) is 0 Å². The Morgan fingerprint density at radius 3 is 2.52 bits per heavy atom. The SMILES string of the molecule is CC1(CNC(=O)c2ccc(N3CCNC3=O)cc2)CCNCC1. The summed E-state index contributed by atoms with van der Waals surface area (Å²) in [6.45, 7) is 6.27. The Kier molecular flexibility index (Phi) is 4.52. The van der Waals surface area contributed by atoms with Gasteiger partial charge in [-0.3, -0.25) is 9.69 Å². The van der Waals surface area contributed by atoms with Gasteiger partial charge in [0.15, 0.2) is 0 Å². The van der Waals surface area contributed by atoms with Crippen LogP contribution in [-0.2, 0) is 0 Å². The number of nitrogens with zero attached hydrogens (tertiary/aromatic N) is 1. The molecule has 3 rings (SSSR count). The van der Waals surface area contributed by atoms with Crippen LogP contribution in [0.5, 0.6) is 0 Å². The van der Waals surface area contributed by atoms with Gasteiger partial charge in [0.1, 0.15) is 0 Å². The molecule has 6 heteroatoms. The number of nitrogens with one attached hydrogen (secondary N) is 3. The van der Waals surface area contributed by atoms with Gasteiger partial charge in [-0.2, -0.15) is 0 Å². The van der Waals surface area contributed by atoms with Gasteiger partial charge < -0.3 is 16.0 Å². The molecule has 1 aromatic carbocycles. The van der Waals surface area contributed by atoms with Crippen LogP contribution in [-0.4, -0.2) is 44.7 Å². The van der Waals surface area contributed by atoms with Gasteiger partial charge in [0.2, 0.25) is 0 Å². The maximum absolute atomic E-state index is 12.3. The third kappa shape index (κ3) is 3.64. The highest BCUT2D eigenvalue weighted by Gasteiger charge is 2.27. The van der Waals surface area contributed by atoms with Crippen LogP contribution in [0.3, 0.4) is 0 Å². The molecule has 2 saturated heterocycles. The number of piperidine rings is 1. The monoisotopic (exact) mass is 316 g/mol. The number of carbonyl (C=O) groups excluding carboxylic acids is 2. The number of amides is 3. The van der Waals surface area contributed by atoms with Gasteiger partial charge in [-0.25, -0.2) is 4.79 Å². The summed E-state index contributed by atoms with van der Waals surface area (Å²) in [6, 6.07) is 7.13. The average molecular weight is 316 g/mol. The van der Waals surface area contributed by atoms with Crippen molar-refractivity contribution in [3.05, 3.63) is 29.8 Å². The molecule has 0 aromatic heterocycles. The minimum Gasteiger partial charge on any atom is -0.351 e. The van der Waals surface area contributed by atoms with Crippen molar-refractivity contribution in [2.24, 2.45) is 5.41 Å². The van der Waals surface area contributed by atoms with Crippen molar-refractivity contribution in [3.63, 3.8) is 0 Å². The Bertz CT molecular complexity index is 579. The van der Waals surface area contributed by atoms with Crippen LogP contribution < -0.4 is 20.9 Å². The normalized spacial score (nSPS) is 20.2. The summed E-state index contributed by atoms with van der Waals surface area (Å²) < 4.78 is 0. The van der Waals surface area contributed by atoms with Crippen molar-refractivity contribution in [1.29, 1.82) is 0 Å². The van der Waals surface area contributed by atoms with Crippen LogP contribution in [0.4, 0.5) is 10.5 Å². The quantitative estimate of drug-likeness (QED) is 0.785. The minimum absolute atomic E-state index is 0.0535. The zero-order valence-corrected chi connectivity index (χ0v) is 13.5. The molecular formula is C17H24N4O2. The molecule has 6 nitrogen and oxygen atoms in total. The Hall–Kier alpha value is -2.08. The van der Waals surface area contributed by atoms with Gasteiger partial charge in [0, 0.05) is 30.9 Å². The second-order valence-corrected chi connectivity index (χ2v) is 6.67. The van der Waals surface area contributed by atoms with Crippen molar-refractivity contribution in [1.82, 2.24) is 16.0 Å². The van der Waals surface area contributed by atoms with Crippen molar-refractivity contribution in [2.75, 3.05) is 37.6 Å². The number of hydrogen-bond donors (Lipinski definition) is 3. The highest BCUT2D eigenvalue weighted by molar-refractivity contribution is 5.97. The van der Waals surface area contributed by atoms with Crippen molar-refractivity contribution < 1.29 is 9.59 Å². The molecule has 0 spiro atoms. The molecule has 3 N–H and O–H groups in total. The molecule has 0 bridgehead atoms. The van der Waals surface area contributed by atoms with E-state index in [1.54, 1.807) is 17.0 Å². The lowest BCUT2D eigenvalue weighted by molar-refractivity contribution is 0.0922. The van der Waals surface area contributed by atoms with E-state index in [0.717, 1.165) is 31.6 Å². The molecule has 2 heterocycles. The van der Waals surface area contributed by atoms with Gasteiger partial charge >= 0.3 is 6.03 Å². The predicted molar refractivity (Wildman–Crippen MR) is 89.7 cm³/mol.